The number of esters is 1. The Labute approximate surface area is 149 Å². The van der Waals surface area contributed by atoms with Crippen molar-refractivity contribution in [3.05, 3.63) is 36.0 Å². The van der Waals surface area contributed by atoms with E-state index in [0.717, 1.165) is 16.5 Å². The van der Waals surface area contributed by atoms with Crippen LogP contribution < -0.4 is 5.73 Å². The van der Waals surface area contributed by atoms with Gasteiger partial charge in [-0.3, -0.25) is 4.79 Å². The molecule has 1 aliphatic heterocycles. The van der Waals surface area contributed by atoms with Crippen molar-refractivity contribution in [2.24, 2.45) is 5.73 Å². The number of fused-ring (bicyclic) bond motifs is 1. The van der Waals surface area contributed by atoms with Crippen LogP contribution in [0.4, 0.5) is 0 Å². The van der Waals surface area contributed by atoms with Gasteiger partial charge in [0.1, 0.15) is 30.5 Å². The van der Waals surface area contributed by atoms with Gasteiger partial charge in [-0.1, -0.05) is 18.2 Å². The normalized spacial score (nSPS) is 30.3. The molecule has 1 aromatic carbocycles. The molecule has 6 atom stereocenters. The van der Waals surface area contributed by atoms with E-state index in [4.69, 9.17) is 20.3 Å². The fraction of sp³-hybridized carbons (Fsp3) is 0.471. The quantitative estimate of drug-likeness (QED) is 0.345. The highest BCUT2D eigenvalue weighted by Crippen LogP contribution is 2.23. The number of H-pyrrole nitrogens is 1. The minimum Gasteiger partial charge on any atom is -0.432 e. The molecule has 9 heteroatoms. The van der Waals surface area contributed by atoms with Gasteiger partial charge in [0.2, 0.25) is 6.29 Å². The van der Waals surface area contributed by atoms with E-state index in [-0.39, 0.29) is 6.42 Å². The molecule has 0 spiro atoms. The third-order valence-corrected chi connectivity index (χ3v) is 4.50. The summed E-state index contributed by atoms with van der Waals surface area (Å²) in [5.41, 5.74) is 7.65. The van der Waals surface area contributed by atoms with Crippen LogP contribution in [0.2, 0.25) is 0 Å². The number of para-hydroxylation sites is 1. The summed E-state index contributed by atoms with van der Waals surface area (Å²) >= 11 is 0. The zero-order valence-electron chi connectivity index (χ0n) is 13.9. The monoisotopic (exact) mass is 366 g/mol. The zero-order chi connectivity index (χ0) is 18.8. The van der Waals surface area contributed by atoms with E-state index in [1.807, 2.05) is 24.3 Å². The fourth-order valence-electron chi connectivity index (χ4n) is 2.99. The highest BCUT2D eigenvalue weighted by atomic mass is 16.7. The topological polar surface area (TPSA) is 158 Å². The second kappa shape index (κ2) is 7.70. The summed E-state index contributed by atoms with van der Waals surface area (Å²) < 4.78 is 10.2. The van der Waals surface area contributed by atoms with Crippen molar-refractivity contribution in [2.45, 2.75) is 43.2 Å². The Morgan fingerprint density at radius 1 is 1.23 bits per heavy atom. The average molecular weight is 366 g/mol. The first-order valence-electron chi connectivity index (χ1n) is 8.24. The van der Waals surface area contributed by atoms with E-state index in [2.05, 4.69) is 4.98 Å². The first-order valence-corrected chi connectivity index (χ1v) is 8.24. The van der Waals surface area contributed by atoms with Crippen LogP contribution >= 0.6 is 0 Å². The van der Waals surface area contributed by atoms with E-state index in [9.17, 15) is 20.1 Å². The second-order valence-corrected chi connectivity index (χ2v) is 6.30. The number of hydrogen-bond donors (Lipinski definition) is 6. The van der Waals surface area contributed by atoms with E-state index in [0.29, 0.717) is 0 Å². The van der Waals surface area contributed by atoms with E-state index < -0.39 is 49.3 Å². The number of carbonyl (C=O) groups is 1. The van der Waals surface area contributed by atoms with Crippen LogP contribution in [0.5, 0.6) is 0 Å². The number of hydrogen-bond acceptors (Lipinski definition) is 8. The molecular formula is C17H22N2O7. The third kappa shape index (κ3) is 3.58. The summed E-state index contributed by atoms with van der Waals surface area (Å²) in [6.07, 6.45) is -5.54. The lowest BCUT2D eigenvalue weighted by atomic mass is 9.99. The fourth-order valence-corrected chi connectivity index (χ4v) is 2.99. The number of ether oxygens (including phenoxy) is 2. The predicted molar refractivity (Wildman–Crippen MR) is 89.8 cm³/mol. The van der Waals surface area contributed by atoms with Crippen LogP contribution in [0.25, 0.3) is 10.9 Å². The largest absolute Gasteiger partial charge is 0.432 e. The van der Waals surface area contributed by atoms with Crippen molar-refractivity contribution in [3.8, 4) is 0 Å². The molecule has 7 N–H and O–H groups in total. The van der Waals surface area contributed by atoms with Gasteiger partial charge in [-0.2, -0.15) is 0 Å². The molecule has 2 aromatic rings. The van der Waals surface area contributed by atoms with Crippen molar-refractivity contribution in [2.75, 3.05) is 6.61 Å². The van der Waals surface area contributed by atoms with Gasteiger partial charge in [-0.25, -0.2) is 0 Å². The molecule has 0 bridgehead atoms. The number of aliphatic hydroxyl groups is 4. The summed E-state index contributed by atoms with van der Waals surface area (Å²) in [7, 11) is 0. The number of aromatic nitrogens is 1. The summed E-state index contributed by atoms with van der Waals surface area (Å²) in [6.45, 7) is -0.611. The molecule has 9 nitrogen and oxygen atoms in total. The Balaban J connectivity index is 1.65. The Hall–Kier alpha value is -2.01. The van der Waals surface area contributed by atoms with Gasteiger partial charge in [0.05, 0.1) is 6.61 Å². The van der Waals surface area contributed by atoms with Gasteiger partial charge < -0.3 is 40.6 Å². The van der Waals surface area contributed by atoms with Crippen LogP contribution in [0.3, 0.4) is 0 Å². The summed E-state index contributed by atoms with van der Waals surface area (Å²) in [5, 5.41) is 39.5. The van der Waals surface area contributed by atoms with Crippen molar-refractivity contribution >= 4 is 16.9 Å². The molecule has 0 saturated carbocycles. The van der Waals surface area contributed by atoms with Crippen molar-refractivity contribution in [1.29, 1.82) is 0 Å². The van der Waals surface area contributed by atoms with Gasteiger partial charge in [0.25, 0.3) is 0 Å². The molecule has 0 aliphatic carbocycles. The molecule has 1 aromatic heterocycles. The maximum absolute atomic E-state index is 12.2. The molecule has 0 radical (unpaired) electrons. The van der Waals surface area contributed by atoms with E-state index in [1.54, 1.807) is 6.20 Å². The highest BCUT2D eigenvalue weighted by molar-refractivity contribution is 5.84. The van der Waals surface area contributed by atoms with Gasteiger partial charge in [-0.15, -0.1) is 0 Å². The minimum atomic E-state index is -1.66. The van der Waals surface area contributed by atoms with Gasteiger partial charge in [-0.05, 0) is 11.6 Å². The highest BCUT2D eigenvalue weighted by Gasteiger charge is 2.45. The lowest BCUT2D eigenvalue weighted by Gasteiger charge is -2.39. The zero-order valence-corrected chi connectivity index (χ0v) is 13.9. The third-order valence-electron chi connectivity index (χ3n) is 4.50. The molecule has 0 amide bonds. The standard InChI is InChI=1S/C17H22N2O7/c18-10(5-8-6-19-11-4-2-1-3-9(8)11)16(24)26-17-15(23)14(22)13(21)12(7-20)25-17/h1-4,6,10,12-15,17,19-23H,5,7,18H2/t10-,12+,13+,14-,15-,17?/m0/s1. The predicted octanol–water partition coefficient (Wildman–Crippen LogP) is -1.62. The van der Waals surface area contributed by atoms with E-state index in [1.165, 1.54) is 0 Å². The van der Waals surface area contributed by atoms with Crippen LogP contribution in [0, 0.1) is 0 Å². The second-order valence-electron chi connectivity index (χ2n) is 6.30. The molecule has 1 fully saturated rings. The van der Waals surface area contributed by atoms with Crippen LogP contribution in [0.1, 0.15) is 5.56 Å². The number of nitrogens with one attached hydrogen (secondary N) is 1. The number of aliphatic hydroxyl groups excluding tert-OH is 4. The van der Waals surface area contributed by atoms with Crippen LogP contribution in [-0.2, 0) is 20.7 Å². The number of aromatic amines is 1. The lowest BCUT2D eigenvalue weighted by molar-refractivity contribution is -0.293. The van der Waals surface area contributed by atoms with E-state index >= 15 is 0 Å². The Morgan fingerprint density at radius 2 is 1.96 bits per heavy atom. The molecule has 1 unspecified atom stereocenters. The summed E-state index contributed by atoms with van der Waals surface area (Å²) in [4.78, 5) is 15.3. The Bertz CT molecular complexity index is 762. The average Bonchev–Trinajstić information content (AvgIpc) is 3.05. The number of benzene rings is 1. The van der Waals surface area contributed by atoms with Crippen molar-refractivity contribution < 1.29 is 34.7 Å². The maximum atomic E-state index is 12.2. The number of nitrogens with two attached hydrogens (primary N) is 1. The molecule has 142 valence electrons. The first-order chi connectivity index (χ1) is 12.4. The molecule has 1 saturated heterocycles. The van der Waals surface area contributed by atoms with Crippen LogP contribution in [-0.4, -0.2) is 74.7 Å². The summed E-state index contributed by atoms with van der Waals surface area (Å²) in [5.74, 6) is -0.834. The van der Waals surface area contributed by atoms with Crippen LogP contribution in [0.15, 0.2) is 30.5 Å². The minimum absolute atomic E-state index is 0.195. The smallest absolute Gasteiger partial charge is 0.325 e. The Morgan fingerprint density at radius 3 is 2.69 bits per heavy atom. The van der Waals surface area contributed by atoms with Gasteiger partial charge >= 0.3 is 5.97 Å². The maximum Gasteiger partial charge on any atom is 0.325 e. The van der Waals surface area contributed by atoms with Crippen molar-refractivity contribution in [1.82, 2.24) is 4.98 Å². The molecule has 1 aliphatic rings. The molecule has 26 heavy (non-hydrogen) atoms. The molecule has 3 rings (SSSR count). The Kier molecular flexibility index (Phi) is 5.56. The number of carbonyl (C=O) groups excluding carboxylic acids is 1. The van der Waals surface area contributed by atoms with Gasteiger partial charge in [0.15, 0.2) is 0 Å². The van der Waals surface area contributed by atoms with Crippen molar-refractivity contribution in [3.63, 3.8) is 0 Å². The molecular weight excluding hydrogens is 344 g/mol. The molecule has 2 heterocycles. The SMILES string of the molecule is N[C@@H](Cc1c[nH]c2ccccc12)C(=O)OC1O[C@H](CO)[C@@H](O)[C@H](O)[C@@H]1O. The number of rotatable bonds is 5. The lowest BCUT2D eigenvalue weighted by Crippen LogP contribution is -2.60. The van der Waals surface area contributed by atoms with Gasteiger partial charge in [0, 0.05) is 23.5 Å². The summed E-state index contributed by atoms with van der Waals surface area (Å²) in [6, 6.07) is 6.53. The first kappa shape index (κ1) is 18.8.